The van der Waals surface area contributed by atoms with Gasteiger partial charge in [0.1, 0.15) is 19.3 Å². The molecule has 0 heterocycles. The van der Waals surface area contributed by atoms with E-state index in [1.165, 1.54) is 257 Å². The maximum atomic E-state index is 13.1. The van der Waals surface area contributed by atoms with Crippen molar-refractivity contribution in [2.75, 3.05) is 39.6 Å². The molecular formula is C84H164O17P2. The quantitative estimate of drug-likeness (QED) is 0.0222. The number of rotatable bonds is 83. The number of carbonyl (C=O) groups excluding carboxylic acids is 4. The molecule has 3 N–H and O–H groups in total. The zero-order chi connectivity index (χ0) is 75.6. The van der Waals surface area contributed by atoms with Crippen molar-refractivity contribution in [3.63, 3.8) is 0 Å². The molecule has 0 aromatic rings. The maximum Gasteiger partial charge on any atom is 0.472 e. The van der Waals surface area contributed by atoms with Crippen LogP contribution in [-0.2, 0) is 65.4 Å². The molecule has 2 unspecified atom stereocenters. The fourth-order valence-corrected chi connectivity index (χ4v) is 14.6. The summed E-state index contributed by atoms with van der Waals surface area (Å²) >= 11 is 0. The van der Waals surface area contributed by atoms with Gasteiger partial charge in [0, 0.05) is 25.7 Å². The Balaban J connectivity index is 5.20. The monoisotopic (exact) mass is 1510 g/mol. The Morgan fingerprint density at radius 3 is 0.660 bits per heavy atom. The standard InChI is InChI=1S/C84H164O17P2/c1-7-9-11-13-15-17-19-21-23-24-25-26-27-28-29-32-37-41-45-49-57-63-69-83(88)100-79(72-94-81(86)66-60-54-47-43-39-36-33-30-31-34-38-42-46-52-58-64-76(3)4)74-98-102(90,91)96-70-78(85)71-97-103(92,93)99-75-80(73-95-82(87)67-61-55-51-50-53-59-65-77(5)6)101-84(89)68-62-56-48-44-40-35-22-20-18-16-14-12-10-8-2/h76-80,85H,7-75H2,1-6H3,(H,90,91)(H,92,93)/t78-,79-,80-/m1/s1. The van der Waals surface area contributed by atoms with Crippen LogP contribution in [0, 0.1) is 11.8 Å². The normalized spacial score (nSPS) is 13.9. The topological polar surface area (TPSA) is 237 Å². The molecule has 0 spiro atoms. The number of phosphoric acid groups is 2. The Labute approximate surface area is 632 Å². The van der Waals surface area contributed by atoms with Gasteiger partial charge >= 0.3 is 39.5 Å². The molecule has 0 aliphatic rings. The van der Waals surface area contributed by atoms with E-state index in [2.05, 4.69) is 41.5 Å². The van der Waals surface area contributed by atoms with Gasteiger partial charge in [-0.25, -0.2) is 9.13 Å². The molecule has 0 saturated heterocycles. The number of aliphatic hydroxyl groups is 1. The molecule has 0 bridgehead atoms. The van der Waals surface area contributed by atoms with Crippen LogP contribution in [0.3, 0.4) is 0 Å². The molecule has 5 atom stereocenters. The van der Waals surface area contributed by atoms with E-state index in [1.807, 2.05) is 0 Å². The lowest BCUT2D eigenvalue weighted by atomic mass is 10.0. The van der Waals surface area contributed by atoms with Crippen LogP contribution in [0.1, 0.15) is 446 Å². The first kappa shape index (κ1) is 101. The molecule has 103 heavy (non-hydrogen) atoms. The average Bonchev–Trinajstić information content (AvgIpc) is 1.04. The summed E-state index contributed by atoms with van der Waals surface area (Å²) in [6, 6.07) is 0. The fourth-order valence-electron chi connectivity index (χ4n) is 13.1. The van der Waals surface area contributed by atoms with Crippen molar-refractivity contribution >= 4 is 39.5 Å². The number of phosphoric ester groups is 2. The summed E-state index contributed by atoms with van der Waals surface area (Å²) in [4.78, 5) is 73.1. The summed E-state index contributed by atoms with van der Waals surface area (Å²) in [5, 5.41) is 10.7. The first-order valence-corrected chi connectivity index (χ1v) is 46.5. The SMILES string of the molecule is CCCCCCCCCCCCCCCCCCCCCCCCC(=O)O[C@H](COC(=O)CCCCCCCCCCCCCCCCCC(C)C)COP(=O)(O)OC[C@@H](O)COP(=O)(O)OC[C@@H](COC(=O)CCCCCCCCC(C)C)OC(=O)CCCCCCCCCCCCCCCC. The fraction of sp³-hybridized carbons (Fsp3) is 0.952. The number of hydrogen-bond acceptors (Lipinski definition) is 15. The molecule has 0 fully saturated rings. The van der Waals surface area contributed by atoms with Gasteiger partial charge in [-0.1, -0.05) is 395 Å². The van der Waals surface area contributed by atoms with Gasteiger partial charge in [-0.2, -0.15) is 0 Å². The Morgan fingerprint density at radius 1 is 0.262 bits per heavy atom. The molecule has 17 nitrogen and oxygen atoms in total. The zero-order valence-electron chi connectivity index (χ0n) is 67.6. The van der Waals surface area contributed by atoms with Crippen LogP contribution in [0.4, 0.5) is 0 Å². The zero-order valence-corrected chi connectivity index (χ0v) is 69.4. The molecule has 0 aliphatic carbocycles. The van der Waals surface area contributed by atoms with Crippen molar-refractivity contribution in [3.8, 4) is 0 Å². The van der Waals surface area contributed by atoms with Gasteiger partial charge in [-0.15, -0.1) is 0 Å². The molecule has 19 heteroatoms. The number of ether oxygens (including phenoxy) is 4. The molecule has 0 amide bonds. The van der Waals surface area contributed by atoms with Crippen molar-refractivity contribution in [1.29, 1.82) is 0 Å². The van der Waals surface area contributed by atoms with Gasteiger partial charge in [0.05, 0.1) is 26.4 Å². The molecule has 0 rings (SSSR count). The number of aliphatic hydroxyl groups excluding tert-OH is 1. The lowest BCUT2D eigenvalue weighted by molar-refractivity contribution is -0.161. The van der Waals surface area contributed by atoms with E-state index >= 15 is 0 Å². The minimum absolute atomic E-state index is 0.107. The van der Waals surface area contributed by atoms with Crippen molar-refractivity contribution in [2.45, 2.75) is 464 Å². The predicted octanol–water partition coefficient (Wildman–Crippen LogP) is 25.5. The van der Waals surface area contributed by atoms with Gasteiger partial charge in [0.15, 0.2) is 12.2 Å². The minimum Gasteiger partial charge on any atom is -0.462 e. The average molecular weight is 1510 g/mol. The van der Waals surface area contributed by atoms with E-state index in [0.29, 0.717) is 31.6 Å². The van der Waals surface area contributed by atoms with Gasteiger partial charge < -0.3 is 33.8 Å². The number of carbonyl (C=O) groups is 4. The number of hydrogen-bond donors (Lipinski definition) is 3. The lowest BCUT2D eigenvalue weighted by Gasteiger charge is -2.21. The van der Waals surface area contributed by atoms with Crippen LogP contribution in [0.5, 0.6) is 0 Å². The molecule has 0 aromatic carbocycles. The summed E-state index contributed by atoms with van der Waals surface area (Å²) in [6.07, 6.45) is 66.9. The van der Waals surface area contributed by atoms with E-state index in [-0.39, 0.29) is 25.7 Å². The highest BCUT2D eigenvalue weighted by atomic mass is 31.2. The summed E-state index contributed by atoms with van der Waals surface area (Å²) in [7, 11) is -9.92. The first-order valence-electron chi connectivity index (χ1n) is 43.5. The van der Waals surface area contributed by atoms with Crippen LogP contribution < -0.4 is 0 Å². The van der Waals surface area contributed by atoms with E-state index in [1.54, 1.807) is 0 Å². The molecule has 612 valence electrons. The van der Waals surface area contributed by atoms with E-state index in [4.69, 9.17) is 37.0 Å². The van der Waals surface area contributed by atoms with Gasteiger partial charge in [-0.3, -0.25) is 37.3 Å². The van der Waals surface area contributed by atoms with Crippen molar-refractivity contribution in [2.24, 2.45) is 11.8 Å². The molecule has 0 aliphatic heterocycles. The highest BCUT2D eigenvalue weighted by Crippen LogP contribution is 2.45. The lowest BCUT2D eigenvalue weighted by Crippen LogP contribution is -2.30. The second-order valence-corrected chi connectivity index (χ2v) is 34.1. The number of unbranched alkanes of at least 4 members (excludes halogenated alkanes) is 53. The Bertz CT molecular complexity index is 1980. The molecule has 0 saturated carbocycles. The summed E-state index contributed by atoms with van der Waals surface area (Å²) in [5.41, 5.74) is 0. The third-order valence-electron chi connectivity index (χ3n) is 19.7. The van der Waals surface area contributed by atoms with E-state index in [0.717, 1.165) is 102 Å². The van der Waals surface area contributed by atoms with Gasteiger partial charge in [0.25, 0.3) is 0 Å². The van der Waals surface area contributed by atoms with Gasteiger partial charge in [0.2, 0.25) is 0 Å². The predicted molar refractivity (Wildman–Crippen MR) is 423 cm³/mol. The van der Waals surface area contributed by atoms with Crippen LogP contribution in [0.15, 0.2) is 0 Å². The van der Waals surface area contributed by atoms with Crippen molar-refractivity contribution in [3.05, 3.63) is 0 Å². The van der Waals surface area contributed by atoms with E-state index in [9.17, 15) is 43.2 Å². The Hall–Kier alpha value is -1.94. The number of esters is 4. The second kappa shape index (κ2) is 75.5. The largest absolute Gasteiger partial charge is 0.472 e. The summed E-state index contributed by atoms with van der Waals surface area (Å²) in [5.74, 6) is -0.622. The van der Waals surface area contributed by atoms with Crippen LogP contribution >= 0.6 is 15.6 Å². The highest BCUT2D eigenvalue weighted by Gasteiger charge is 2.30. The van der Waals surface area contributed by atoms with Crippen LogP contribution in [0.25, 0.3) is 0 Å². The third kappa shape index (κ3) is 78.0. The highest BCUT2D eigenvalue weighted by molar-refractivity contribution is 7.47. The first-order chi connectivity index (χ1) is 49.9. The molecule has 0 aromatic heterocycles. The van der Waals surface area contributed by atoms with Crippen LogP contribution in [0.2, 0.25) is 0 Å². The van der Waals surface area contributed by atoms with Crippen LogP contribution in [-0.4, -0.2) is 96.7 Å². The molecule has 0 radical (unpaired) electrons. The molecular weight excluding hydrogens is 1340 g/mol. The maximum absolute atomic E-state index is 13.1. The summed E-state index contributed by atoms with van der Waals surface area (Å²) in [6.45, 7) is 9.60. The Morgan fingerprint density at radius 2 is 0.447 bits per heavy atom. The van der Waals surface area contributed by atoms with Gasteiger partial charge in [-0.05, 0) is 37.5 Å². The third-order valence-corrected chi connectivity index (χ3v) is 21.6. The minimum atomic E-state index is -4.96. The van der Waals surface area contributed by atoms with Crippen molar-refractivity contribution in [1.82, 2.24) is 0 Å². The van der Waals surface area contributed by atoms with Crippen molar-refractivity contribution < 1.29 is 80.2 Å². The Kier molecular flexibility index (Phi) is 74.1. The van der Waals surface area contributed by atoms with E-state index < -0.39 is 97.5 Å². The smallest absolute Gasteiger partial charge is 0.462 e. The summed E-state index contributed by atoms with van der Waals surface area (Å²) < 4.78 is 68.8. The second-order valence-electron chi connectivity index (χ2n) is 31.2.